The third kappa shape index (κ3) is 7.66. The number of benzene rings is 2. The minimum atomic E-state index is -1.08. The first-order valence-electron chi connectivity index (χ1n) is 12.2. The predicted molar refractivity (Wildman–Crippen MR) is 148 cm³/mol. The molecule has 2 atom stereocenters. The topological polar surface area (TPSA) is 106 Å². The van der Waals surface area contributed by atoms with E-state index in [9.17, 15) is 19.5 Å². The first kappa shape index (κ1) is 28.4. The van der Waals surface area contributed by atoms with Crippen molar-refractivity contribution in [1.82, 2.24) is 10.3 Å². The molecule has 3 rings (SSSR count). The van der Waals surface area contributed by atoms with Gasteiger partial charge in [0.25, 0.3) is 5.91 Å². The van der Waals surface area contributed by atoms with E-state index in [1.165, 1.54) is 23.1 Å². The summed E-state index contributed by atoms with van der Waals surface area (Å²) in [5, 5.41) is 12.2. The number of unbranched alkanes of at least 4 members (excludes halogenated alkanes) is 1. The number of ether oxygens (including phenoxy) is 1. The molecule has 0 saturated heterocycles. The van der Waals surface area contributed by atoms with Crippen molar-refractivity contribution >= 4 is 40.9 Å². The van der Waals surface area contributed by atoms with Crippen LogP contribution < -0.4 is 5.32 Å². The Labute approximate surface area is 225 Å². The number of hydrogen-bond acceptors (Lipinski definition) is 7. The summed E-state index contributed by atoms with van der Waals surface area (Å²) in [6.45, 7) is 4.00. The van der Waals surface area contributed by atoms with Crippen LogP contribution in [0, 0.1) is 6.92 Å². The number of carboxylic acid groups (broad SMARTS) is 1. The highest BCUT2D eigenvalue weighted by Gasteiger charge is 2.25. The Hall–Kier alpha value is -3.17. The van der Waals surface area contributed by atoms with Crippen molar-refractivity contribution in [3.63, 3.8) is 0 Å². The van der Waals surface area contributed by atoms with Gasteiger partial charge in [-0.15, -0.1) is 11.3 Å². The first-order valence-corrected chi connectivity index (χ1v) is 14.4. The highest BCUT2D eigenvalue weighted by molar-refractivity contribution is 7.98. The molecule has 9 heteroatoms. The molecule has 3 aromatic rings. The lowest BCUT2D eigenvalue weighted by Crippen LogP contribution is -2.41. The maximum Gasteiger partial charge on any atom is 0.338 e. The fourth-order valence-electron chi connectivity index (χ4n) is 3.93. The average Bonchev–Trinajstić information content (AvgIpc) is 3.43. The number of hydrogen-bond donors (Lipinski definition) is 2. The summed E-state index contributed by atoms with van der Waals surface area (Å²) in [5.41, 5.74) is 4.58. The van der Waals surface area contributed by atoms with Crippen molar-refractivity contribution in [3.05, 3.63) is 75.7 Å². The highest BCUT2D eigenvalue weighted by atomic mass is 32.2. The Bertz CT molecular complexity index is 1210. The van der Waals surface area contributed by atoms with Crippen molar-refractivity contribution in [1.29, 1.82) is 0 Å². The Morgan fingerprint density at radius 1 is 1.14 bits per heavy atom. The second-order valence-corrected chi connectivity index (χ2v) is 10.6. The van der Waals surface area contributed by atoms with Crippen molar-refractivity contribution < 1.29 is 24.2 Å². The first-order chi connectivity index (χ1) is 17.8. The van der Waals surface area contributed by atoms with Gasteiger partial charge in [-0.2, -0.15) is 11.8 Å². The van der Waals surface area contributed by atoms with Crippen LogP contribution in [0.5, 0.6) is 0 Å². The third-order valence-electron chi connectivity index (χ3n) is 5.99. The van der Waals surface area contributed by atoms with E-state index in [2.05, 4.69) is 17.2 Å². The van der Waals surface area contributed by atoms with Crippen molar-refractivity contribution in [2.75, 3.05) is 12.0 Å². The molecule has 2 N–H and O–H groups in total. The van der Waals surface area contributed by atoms with E-state index in [0.717, 1.165) is 28.8 Å². The number of thiazole rings is 1. The lowest BCUT2D eigenvalue weighted by atomic mass is 9.93. The minimum absolute atomic E-state index is 0.297. The van der Waals surface area contributed by atoms with Gasteiger partial charge in [-0.3, -0.25) is 9.78 Å². The monoisotopic (exact) mass is 540 g/mol. The highest BCUT2D eigenvalue weighted by Crippen LogP contribution is 2.31. The number of aryl methyl sites for hydroxylation is 1. The summed E-state index contributed by atoms with van der Waals surface area (Å²) in [4.78, 5) is 43.2. The van der Waals surface area contributed by atoms with E-state index in [1.54, 1.807) is 29.9 Å². The van der Waals surface area contributed by atoms with E-state index in [0.29, 0.717) is 35.3 Å². The molecule has 0 bridgehead atoms. The molecule has 0 aliphatic carbocycles. The average molecular weight is 541 g/mol. The van der Waals surface area contributed by atoms with Gasteiger partial charge in [-0.25, -0.2) is 9.59 Å². The quantitative estimate of drug-likeness (QED) is 0.251. The van der Waals surface area contributed by atoms with Gasteiger partial charge in [0.05, 0.1) is 16.0 Å². The van der Waals surface area contributed by atoms with E-state index < -0.39 is 30.0 Å². The molecular weight excluding hydrogens is 508 g/mol. The van der Waals surface area contributed by atoms with E-state index in [-0.39, 0.29) is 0 Å². The molecule has 1 aromatic heterocycles. The van der Waals surface area contributed by atoms with Crippen LogP contribution in [0.4, 0.5) is 0 Å². The SMILES string of the molecule is CCCCC(OC(=O)c1ccc(C(=O)NC(CCSC)C(=O)O)c(-c2ccccc2C)c1)c1cncs1. The fourth-order valence-corrected chi connectivity index (χ4v) is 5.08. The van der Waals surface area contributed by atoms with Crippen molar-refractivity contribution in [2.24, 2.45) is 0 Å². The number of nitrogens with zero attached hydrogens (tertiary/aromatic N) is 1. The number of aliphatic carboxylic acids is 1. The second-order valence-electron chi connectivity index (χ2n) is 8.66. The van der Waals surface area contributed by atoms with Gasteiger partial charge in [0.1, 0.15) is 12.1 Å². The molecule has 1 heterocycles. The molecule has 0 radical (unpaired) electrons. The molecule has 0 spiro atoms. The summed E-state index contributed by atoms with van der Waals surface area (Å²) in [6.07, 6.45) is 6.10. The molecule has 0 aliphatic rings. The smallest absolute Gasteiger partial charge is 0.338 e. The standard InChI is InChI=1S/C28H32N2O5S2/c1-4-5-10-24(25-16-29-17-37-25)35-28(34)19-11-12-21(22(15-19)20-9-7-6-8-18(20)2)26(31)30-23(27(32)33)13-14-36-3/h6-9,11-12,15-17,23-24H,4-5,10,13-14H2,1-3H3,(H,30,31)(H,32,33). The zero-order valence-corrected chi connectivity index (χ0v) is 22.9. The van der Waals surface area contributed by atoms with Crippen molar-refractivity contribution in [2.45, 2.75) is 51.7 Å². The fraction of sp³-hybridized carbons (Fsp3) is 0.357. The third-order valence-corrected chi connectivity index (χ3v) is 7.50. The van der Waals surface area contributed by atoms with Crippen molar-refractivity contribution in [3.8, 4) is 11.1 Å². The maximum absolute atomic E-state index is 13.3. The largest absolute Gasteiger partial charge is 0.480 e. The molecule has 0 aliphatic heterocycles. The number of rotatable bonds is 13. The number of thioether (sulfide) groups is 1. The summed E-state index contributed by atoms with van der Waals surface area (Å²) < 4.78 is 5.90. The minimum Gasteiger partial charge on any atom is -0.480 e. The summed E-state index contributed by atoms with van der Waals surface area (Å²) in [7, 11) is 0. The van der Waals surface area contributed by atoms with Crippen LogP contribution in [-0.2, 0) is 9.53 Å². The summed E-state index contributed by atoms with van der Waals surface area (Å²) in [6, 6.07) is 11.3. The normalized spacial score (nSPS) is 12.5. The van der Waals surface area contributed by atoms with Crippen LogP contribution in [-0.4, -0.2) is 46.0 Å². The number of esters is 1. The van der Waals surface area contributed by atoms with E-state index in [1.807, 2.05) is 37.4 Å². The number of nitrogens with one attached hydrogen (secondary N) is 1. The Balaban J connectivity index is 1.95. The molecular formula is C28H32N2O5S2. The molecule has 0 saturated carbocycles. The molecule has 7 nitrogen and oxygen atoms in total. The maximum atomic E-state index is 13.3. The van der Waals surface area contributed by atoms with Gasteiger partial charge in [0, 0.05) is 11.8 Å². The lowest BCUT2D eigenvalue weighted by Gasteiger charge is -2.19. The van der Waals surface area contributed by atoms with Crippen LogP contribution in [0.15, 0.2) is 54.2 Å². The Morgan fingerprint density at radius 2 is 1.92 bits per heavy atom. The Kier molecular flexibility index (Phi) is 10.7. The summed E-state index contributed by atoms with van der Waals surface area (Å²) in [5.74, 6) is -1.47. The van der Waals surface area contributed by atoms with E-state index in [4.69, 9.17) is 4.74 Å². The Morgan fingerprint density at radius 3 is 2.57 bits per heavy atom. The summed E-state index contributed by atoms with van der Waals surface area (Å²) >= 11 is 2.97. The number of amides is 1. The van der Waals surface area contributed by atoms with Crippen LogP contribution in [0.25, 0.3) is 11.1 Å². The van der Waals surface area contributed by atoms with Crippen LogP contribution in [0.1, 0.15) is 69.9 Å². The van der Waals surface area contributed by atoms with Gasteiger partial charge >= 0.3 is 11.9 Å². The van der Waals surface area contributed by atoms with E-state index >= 15 is 0 Å². The van der Waals surface area contributed by atoms with Gasteiger partial charge in [0.15, 0.2) is 0 Å². The second kappa shape index (κ2) is 13.9. The molecule has 1 amide bonds. The van der Waals surface area contributed by atoms with Gasteiger partial charge in [-0.1, -0.05) is 37.6 Å². The number of aromatic nitrogens is 1. The molecule has 37 heavy (non-hydrogen) atoms. The van der Waals surface area contributed by atoms with Crippen LogP contribution in [0.3, 0.4) is 0 Å². The van der Waals surface area contributed by atoms with Gasteiger partial charge in [-0.05, 0) is 73.1 Å². The number of carbonyl (C=O) groups excluding carboxylic acids is 2. The molecule has 196 valence electrons. The lowest BCUT2D eigenvalue weighted by molar-refractivity contribution is -0.139. The van der Waals surface area contributed by atoms with Crippen LogP contribution in [0.2, 0.25) is 0 Å². The zero-order chi connectivity index (χ0) is 26.8. The predicted octanol–water partition coefficient (Wildman–Crippen LogP) is 6.14. The molecule has 0 fully saturated rings. The zero-order valence-electron chi connectivity index (χ0n) is 21.2. The van der Waals surface area contributed by atoms with Gasteiger partial charge < -0.3 is 15.2 Å². The van der Waals surface area contributed by atoms with Gasteiger partial charge in [0.2, 0.25) is 0 Å². The number of carboxylic acids is 1. The number of carbonyl (C=O) groups is 3. The van der Waals surface area contributed by atoms with Crippen LogP contribution >= 0.6 is 23.1 Å². The molecule has 2 unspecified atom stereocenters. The molecule has 2 aromatic carbocycles.